The molecule has 12 heavy (non-hydrogen) atoms. The predicted molar refractivity (Wildman–Crippen MR) is 43.6 cm³/mol. The topological polar surface area (TPSA) is 17.8 Å². The summed E-state index contributed by atoms with van der Waals surface area (Å²) in [6.07, 6.45) is -4.38. The largest absolute Gasteiger partial charge is 0.434 e. The first-order valence-electron chi connectivity index (χ1n) is 2.79. The quantitative estimate of drug-likeness (QED) is 0.720. The van der Waals surface area contributed by atoms with Crippen LogP contribution in [0, 0.1) is 0 Å². The van der Waals surface area contributed by atoms with Crippen LogP contribution in [0.3, 0.4) is 0 Å². The van der Waals surface area contributed by atoms with E-state index >= 15 is 0 Å². The number of hydrogen-bond acceptors (Lipinski definition) is 1. The van der Waals surface area contributed by atoms with E-state index < -0.39 is 11.9 Å². The highest BCUT2D eigenvalue weighted by atomic mass is 79.9. The fraction of sp³-hybridized carbons (Fsp3) is 0.400. The molecule has 0 N–H and O–H groups in total. The summed E-state index contributed by atoms with van der Waals surface area (Å²) in [7, 11) is 1.23. The molecule has 0 atom stereocenters. The van der Waals surface area contributed by atoms with Crippen molar-refractivity contribution in [3.05, 3.63) is 14.8 Å². The Labute approximate surface area is 83.0 Å². The maximum atomic E-state index is 12.2. The van der Waals surface area contributed by atoms with Crippen LogP contribution in [0.1, 0.15) is 5.69 Å². The first-order chi connectivity index (χ1) is 5.34. The second kappa shape index (κ2) is 3.02. The Balaban J connectivity index is 3.32. The van der Waals surface area contributed by atoms with Crippen molar-refractivity contribution >= 4 is 31.9 Å². The van der Waals surface area contributed by atoms with E-state index in [9.17, 15) is 13.2 Å². The maximum Gasteiger partial charge on any atom is 0.434 e. The highest BCUT2D eigenvalue weighted by Crippen LogP contribution is 2.37. The van der Waals surface area contributed by atoms with Gasteiger partial charge in [0, 0.05) is 7.05 Å². The number of hydrogen-bond donors (Lipinski definition) is 0. The number of aryl methyl sites for hydroxylation is 1. The van der Waals surface area contributed by atoms with Gasteiger partial charge in [0.2, 0.25) is 0 Å². The number of nitrogens with zero attached hydrogens (tertiary/aromatic N) is 2. The molecule has 0 radical (unpaired) electrons. The standard InChI is InChI=1S/C5H3Br2F3N2/c1-12-3(5(8,9)10)2(6)4(7)11-12/h1H3. The Hall–Kier alpha value is -0.0400. The van der Waals surface area contributed by atoms with Crippen molar-refractivity contribution in [1.82, 2.24) is 9.78 Å². The van der Waals surface area contributed by atoms with Gasteiger partial charge in [0.25, 0.3) is 0 Å². The smallest absolute Gasteiger partial charge is 0.261 e. The lowest BCUT2D eigenvalue weighted by atomic mass is 10.4. The summed E-state index contributed by atoms with van der Waals surface area (Å²) in [6.45, 7) is 0. The SMILES string of the molecule is Cn1nc(Br)c(Br)c1C(F)(F)F. The van der Waals surface area contributed by atoms with Crippen molar-refractivity contribution in [2.75, 3.05) is 0 Å². The molecule has 0 unspecified atom stereocenters. The summed E-state index contributed by atoms with van der Waals surface area (Å²) in [6, 6.07) is 0. The van der Waals surface area contributed by atoms with Crippen molar-refractivity contribution in [3.8, 4) is 0 Å². The van der Waals surface area contributed by atoms with Crippen molar-refractivity contribution in [2.24, 2.45) is 7.05 Å². The van der Waals surface area contributed by atoms with E-state index in [1.165, 1.54) is 7.05 Å². The molecule has 1 rings (SSSR count). The van der Waals surface area contributed by atoms with Gasteiger partial charge in [-0.1, -0.05) is 0 Å². The van der Waals surface area contributed by atoms with Gasteiger partial charge in [-0.15, -0.1) is 0 Å². The lowest BCUT2D eigenvalue weighted by molar-refractivity contribution is -0.144. The molecule has 1 aromatic heterocycles. The van der Waals surface area contributed by atoms with Crippen LogP contribution in [0.15, 0.2) is 9.08 Å². The highest BCUT2D eigenvalue weighted by Gasteiger charge is 2.38. The normalized spacial score (nSPS) is 12.2. The molecule has 2 nitrogen and oxygen atoms in total. The van der Waals surface area contributed by atoms with E-state index in [-0.39, 0.29) is 9.08 Å². The van der Waals surface area contributed by atoms with Gasteiger partial charge >= 0.3 is 6.18 Å². The van der Waals surface area contributed by atoms with Gasteiger partial charge in [-0.3, -0.25) is 4.68 Å². The summed E-state index contributed by atoms with van der Waals surface area (Å²) in [5.74, 6) is 0. The first-order valence-corrected chi connectivity index (χ1v) is 4.38. The second-order valence-electron chi connectivity index (χ2n) is 2.07. The van der Waals surface area contributed by atoms with Crippen molar-refractivity contribution < 1.29 is 13.2 Å². The zero-order valence-electron chi connectivity index (χ0n) is 5.78. The number of rotatable bonds is 0. The second-order valence-corrected chi connectivity index (χ2v) is 3.62. The fourth-order valence-electron chi connectivity index (χ4n) is 0.773. The minimum Gasteiger partial charge on any atom is -0.261 e. The first kappa shape index (κ1) is 10.0. The zero-order valence-corrected chi connectivity index (χ0v) is 8.96. The lowest BCUT2D eigenvalue weighted by Gasteiger charge is -2.06. The van der Waals surface area contributed by atoms with Crippen LogP contribution in [-0.4, -0.2) is 9.78 Å². The molecule has 0 amide bonds. The van der Waals surface area contributed by atoms with Gasteiger partial charge in [-0.2, -0.15) is 18.3 Å². The molecular formula is C5H3Br2F3N2. The van der Waals surface area contributed by atoms with E-state index in [0.29, 0.717) is 0 Å². The van der Waals surface area contributed by atoms with E-state index in [1.807, 2.05) is 0 Å². The third-order valence-electron chi connectivity index (χ3n) is 1.22. The molecule has 0 aliphatic carbocycles. The molecule has 1 aromatic rings. The summed E-state index contributed by atoms with van der Waals surface area (Å²) in [5, 5.41) is 3.54. The average Bonchev–Trinajstić information content (AvgIpc) is 2.05. The van der Waals surface area contributed by atoms with E-state index in [1.54, 1.807) is 0 Å². The van der Waals surface area contributed by atoms with Crippen LogP contribution < -0.4 is 0 Å². The monoisotopic (exact) mass is 306 g/mol. The summed E-state index contributed by atoms with van der Waals surface area (Å²) in [5.41, 5.74) is -0.797. The Morgan fingerprint density at radius 2 is 1.83 bits per heavy atom. The van der Waals surface area contributed by atoms with Crippen molar-refractivity contribution in [1.29, 1.82) is 0 Å². The van der Waals surface area contributed by atoms with E-state index in [0.717, 1.165) is 4.68 Å². The predicted octanol–water partition coefficient (Wildman–Crippen LogP) is 2.96. The Morgan fingerprint density at radius 1 is 1.33 bits per heavy atom. The molecular weight excluding hydrogens is 305 g/mol. The molecule has 0 saturated heterocycles. The van der Waals surface area contributed by atoms with E-state index in [4.69, 9.17) is 0 Å². The van der Waals surface area contributed by atoms with E-state index in [2.05, 4.69) is 37.0 Å². The van der Waals surface area contributed by atoms with Gasteiger partial charge in [0.05, 0.1) is 4.47 Å². The Bertz CT molecular complexity index is 304. The van der Waals surface area contributed by atoms with Gasteiger partial charge in [0.1, 0.15) is 4.60 Å². The van der Waals surface area contributed by atoms with Crippen LogP contribution in [0.25, 0.3) is 0 Å². The Morgan fingerprint density at radius 3 is 2.00 bits per heavy atom. The fourth-order valence-corrected chi connectivity index (χ4v) is 1.76. The molecule has 0 saturated carbocycles. The Kier molecular flexibility index (Phi) is 2.53. The van der Waals surface area contributed by atoms with Crippen LogP contribution in [0.2, 0.25) is 0 Å². The number of halogens is 5. The van der Waals surface area contributed by atoms with Gasteiger partial charge in [-0.25, -0.2) is 0 Å². The lowest BCUT2D eigenvalue weighted by Crippen LogP contribution is -2.12. The third-order valence-corrected chi connectivity index (χ3v) is 3.06. The van der Waals surface area contributed by atoms with Crippen LogP contribution >= 0.6 is 31.9 Å². The summed E-state index contributed by atoms with van der Waals surface area (Å²) in [4.78, 5) is 0. The highest BCUT2D eigenvalue weighted by molar-refractivity contribution is 9.13. The zero-order chi connectivity index (χ0) is 9.52. The van der Waals surface area contributed by atoms with Crippen LogP contribution in [0.5, 0.6) is 0 Å². The van der Waals surface area contributed by atoms with Gasteiger partial charge in [-0.05, 0) is 31.9 Å². The number of aromatic nitrogens is 2. The molecule has 0 fully saturated rings. The minimum atomic E-state index is -4.38. The van der Waals surface area contributed by atoms with Gasteiger partial charge in [0.15, 0.2) is 5.69 Å². The average molecular weight is 308 g/mol. The minimum absolute atomic E-state index is 0.0718. The van der Waals surface area contributed by atoms with Crippen LogP contribution in [0.4, 0.5) is 13.2 Å². The molecule has 0 aromatic carbocycles. The third kappa shape index (κ3) is 1.66. The van der Waals surface area contributed by atoms with Crippen LogP contribution in [-0.2, 0) is 13.2 Å². The maximum absolute atomic E-state index is 12.2. The molecule has 0 aliphatic heterocycles. The molecule has 0 aliphatic rings. The summed E-state index contributed by atoms with van der Waals surface area (Å²) < 4.78 is 37.5. The molecule has 0 bridgehead atoms. The molecule has 0 spiro atoms. The molecule has 1 heterocycles. The number of alkyl halides is 3. The molecule has 68 valence electrons. The van der Waals surface area contributed by atoms with Gasteiger partial charge < -0.3 is 0 Å². The summed E-state index contributed by atoms with van der Waals surface area (Å²) >= 11 is 5.67. The van der Waals surface area contributed by atoms with Crippen molar-refractivity contribution in [2.45, 2.75) is 6.18 Å². The molecule has 7 heteroatoms. The van der Waals surface area contributed by atoms with Crippen molar-refractivity contribution in [3.63, 3.8) is 0 Å².